The normalized spacial score (nSPS) is 12.7. The molecule has 0 saturated heterocycles. The summed E-state index contributed by atoms with van der Waals surface area (Å²) in [6.07, 6.45) is 1.02. The van der Waals surface area contributed by atoms with E-state index >= 15 is 0 Å². The van der Waals surface area contributed by atoms with E-state index in [-0.39, 0.29) is 15.9 Å². The highest BCUT2D eigenvalue weighted by atomic mass is 35.5. The predicted octanol–water partition coefficient (Wildman–Crippen LogP) is 1.37. The van der Waals surface area contributed by atoms with Crippen LogP contribution in [0.2, 0.25) is 5.02 Å². The van der Waals surface area contributed by atoms with Crippen molar-refractivity contribution in [2.75, 3.05) is 20.5 Å². The van der Waals surface area contributed by atoms with E-state index in [9.17, 15) is 8.42 Å². The van der Waals surface area contributed by atoms with E-state index in [4.69, 9.17) is 37.0 Å². The Morgan fingerprint density at radius 1 is 1.39 bits per heavy atom. The molecule has 0 amide bonds. The van der Waals surface area contributed by atoms with Gasteiger partial charge in [-0.15, -0.1) is 5.10 Å². The number of hydrogen-bond acceptors (Lipinski definition) is 7. The Labute approximate surface area is 115 Å². The van der Waals surface area contributed by atoms with Crippen LogP contribution in [0, 0.1) is 0 Å². The van der Waals surface area contributed by atoms with Gasteiger partial charge >= 0.3 is 6.72 Å². The fourth-order valence-electron chi connectivity index (χ4n) is 1.18. The largest absolute Gasteiger partial charge is 0.402 e. The van der Waals surface area contributed by atoms with Crippen molar-refractivity contribution in [1.29, 1.82) is 0 Å². The molecule has 1 aromatic rings. The Kier molecular flexibility index (Phi) is 4.80. The van der Waals surface area contributed by atoms with Crippen LogP contribution >= 0.6 is 18.3 Å². The molecule has 0 bridgehead atoms. The highest BCUT2D eigenvalue weighted by Crippen LogP contribution is 2.49. The topological polar surface area (TPSA) is 79.7 Å². The average molecular weight is 335 g/mol. The molecule has 0 unspecified atom stereocenters. The summed E-state index contributed by atoms with van der Waals surface area (Å²) in [5, 5.41) is 3.53. The van der Waals surface area contributed by atoms with Gasteiger partial charge in [0.05, 0.1) is 0 Å². The zero-order chi connectivity index (χ0) is 14.1. The molecule has 0 aliphatic carbocycles. The molecule has 0 N–H and O–H groups in total. The number of halogens is 1. The first-order chi connectivity index (χ1) is 8.14. The van der Waals surface area contributed by atoms with E-state index in [0.717, 1.165) is 10.9 Å². The highest BCUT2D eigenvalue weighted by Gasteiger charge is 2.28. The lowest BCUT2D eigenvalue weighted by Gasteiger charge is -2.16. The lowest BCUT2D eigenvalue weighted by molar-refractivity contribution is 0.270. The van der Waals surface area contributed by atoms with Crippen molar-refractivity contribution in [1.82, 2.24) is 9.78 Å². The molecule has 11 heteroatoms. The third-order valence-electron chi connectivity index (χ3n) is 1.91. The Balaban J connectivity index is 3.27. The Bertz CT molecular complexity index is 591. The van der Waals surface area contributed by atoms with Crippen LogP contribution in [-0.4, -0.2) is 38.7 Å². The average Bonchev–Trinajstić information content (AvgIpc) is 2.53. The number of aryl methyl sites for hydroxylation is 1. The van der Waals surface area contributed by atoms with Crippen LogP contribution in [-0.2, 0) is 37.7 Å². The van der Waals surface area contributed by atoms with Crippen molar-refractivity contribution in [3.05, 3.63) is 5.02 Å². The summed E-state index contributed by atoms with van der Waals surface area (Å²) in [7, 11) is 0.538. The molecule has 1 heterocycles. The smallest absolute Gasteiger partial charge is 0.381 e. The maximum Gasteiger partial charge on any atom is 0.381 e. The van der Waals surface area contributed by atoms with Gasteiger partial charge in [0.15, 0.2) is 14.9 Å². The summed E-state index contributed by atoms with van der Waals surface area (Å²) >= 11 is 10.9. The van der Waals surface area contributed by atoms with Crippen molar-refractivity contribution in [2.45, 2.75) is 5.03 Å². The maximum absolute atomic E-state index is 11.5. The molecular weight excluding hydrogens is 323 g/mol. The van der Waals surface area contributed by atoms with E-state index in [2.05, 4.69) is 5.10 Å². The molecule has 0 aliphatic heterocycles. The zero-order valence-corrected chi connectivity index (χ0v) is 13.4. The van der Waals surface area contributed by atoms with Gasteiger partial charge in [-0.2, -0.15) is 0 Å². The van der Waals surface area contributed by atoms with Gasteiger partial charge in [-0.3, -0.25) is 4.68 Å². The quantitative estimate of drug-likeness (QED) is 0.752. The lowest BCUT2D eigenvalue weighted by atomic mass is 10.7. The van der Waals surface area contributed by atoms with Gasteiger partial charge in [-0.1, -0.05) is 11.6 Å². The minimum absolute atomic E-state index is 0.133. The van der Waals surface area contributed by atoms with Crippen LogP contribution in [0.15, 0.2) is 5.03 Å². The molecule has 1 aromatic heterocycles. The first kappa shape index (κ1) is 15.9. The van der Waals surface area contributed by atoms with Crippen molar-refractivity contribution in [2.24, 2.45) is 7.05 Å². The first-order valence-electron chi connectivity index (χ1n) is 4.48. The molecule has 1 rings (SSSR count). The van der Waals surface area contributed by atoms with Crippen LogP contribution in [0.4, 0.5) is 0 Å². The third-order valence-corrected chi connectivity index (χ3v) is 5.94. The molecule has 0 spiro atoms. The molecule has 0 saturated carbocycles. The predicted molar refractivity (Wildman–Crippen MR) is 70.3 cm³/mol. The Morgan fingerprint density at radius 2 is 1.89 bits per heavy atom. The molecule has 0 aliphatic rings. The van der Waals surface area contributed by atoms with E-state index < -0.39 is 16.6 Å². The second-order valence-electron chi connectivity index (χ2n) is 3.22. The number of sulfone groups is 1. The number of hydrogen-bond donors (Lipinski definition) is 0. The second-order valence-corrected chi connectivity index (χ2v) is 8.68. The van der Waals surface area contributed by atoms with Gasteiger partial charge in [0.25, 0.3) is 5.88 Å². The van der Waals surface area contributed by atoms with Crippen LogP contribution in [0.25, 0.3) is 0 Å². The fraction of sp³-hybridized carbons (Fsp3) is 0.571. The van der Waals surface area contributed by atoms with Crippen molar-refractivity contribution in [3.63, 3.8) is 0 Å². The summed E-state index contributed by atoms with van der Waals surface area (Å²) in [6.45, 7) is -3.01. The van der Waals surface area contributed by atoms with Gasteiger partial charge in [-0.05, 0) is 0 Å². The van der Waals surface area contributed by atoms with E-state index in [0.29, 0.717) is 0 Å². The first-order valence-corrected chi connectivity index (χ1v) is 9.31. The third kappa shape index (κ3) is 3.23. The summed E-state index contributed by atoms with van der Waals surface area (Å²) in [5.74, 6) is -0.133. The number of nitrogens with zero attached hydrogens (tertiary/aromatic N) is 2. The standard InChI is InChI=1S/C7H12ClN2O5PS2/c1-10-7(18(4,11)12)5(8)6(9-10)15-16(17,13-2)14-3/h1-4H3. The van der Waals surface area contributed by atoms with Gasteiger partial charge in [-0.25, -0.2) is 8.42 Å². The fourth-order valence-corrected chi connectivity index (χ4v) is 3.63. The molecule has 0 fully saturated rings. The van der Waals surface area contributed by atoms with Gasteiger partial charge in [0.1, 0.15) is 5.02 Å². The SMILES string of the molecule is COP(=S)(OC)Oc1nn(C)c(S(C)(=O)=O)c1Cl. The molecule has 0 aromatic carbocycles. The molecule has 7 nitrogen and oxygen atoms in total. The minimum atomic E-state index is -3.53. The van der Waals surface area contributed by atoms with E-state index in [1.165, 1.54) is 21.3 Å². The van der Waals surface area contributed by atoms with Gasteiger partial charge < -0.3 is 13.6 Å². The minimum Gasteiger partial charge on any atom is -0.402 e. The van der Waals surface area contributed by atoms with E-state index in [1.54, 1.807) is 0 Å². The van der Waals surface area contributed by atoms with Crippen LogP contribution in [0.1, 0.15) is 0 Å². The van der Waals surface area contributed by atoms with Crippen molar-refractivity contribution < 1.29 is 22.0 Å². The number of rotatable bonds is 5. The number of aromatic nitrogens is 2. The van der Waals surface area contributed by atoms with Crippen molar-refractivity contribution in [3.8, 4) is 5.88 Å². The van der Waals surface area contributed by atoms with Crippen LogP contribution < -0.4 is 4.52 Å². The summed E-state index contributed by atoms with van der Waals surface area (Å²) in [5.41, 5.74) is 0. The van der Waals surface area contributed by atoms with Crippen molar-refractivity contribution >= 4 is 40.0 Å². The molecule has 0 atom stereocenters. The second kappa shape index (κ2) is 5.44. The maximum atomic E-state index is 11.5. The molecule has 104 valence electrons. The summed E-state index contributed by atoms with van der Waals surface area (Å²) in [4.78, 5) is 0. The highest BCUT2D eigenvalue weighted by molar-refractivity contribution is 8.07. The zero-order valence-electron chi connectivity index (χ0n) is 10.1. The molecule has 0 radical (unpaired) electrons. The monoisotopic (exact) mass is 334 g/mol. The van der Waals surface area contributed by atoms with Crippen LogP contribution in [0.3, 0.4) is 0 Å². The summed E-state index contributed by atoms with van der Waals surface area (Å²) < 4.78 is 39.2. The van der Waals surface area contributed by atoms with Crippen LogP contribution in [0.5, 0.6) is 5.88 Å². The Hall–Kier alpha value is -0.180. The Morgan fingerprint density at radius 3 is 2.22 bits per heavy atom. The lowest BCUT2D eigenvalue weighted by Crippen LogP contribution is -2.05. The van der Waals surface area contributed by atoms with Gasteiger partial charge in [0.2, 0.25) is 0 Å². The van der Waals surface area contributed by atoms with E-state index in [1.807, 2.05) is 0 Å². The van der Waals surface area contributed by atoms with Gasteiger partial charge in [0, 0.05) is 39.3 Å². The molecular formula is C7H12ClN2O5PS2. The summed E-state index contributed by atoms with van der Waals surface area (Å²) in [6, 6.07) is 0. The molecule has 18 heavy (non-hydrogen) atoms.